The molecule has 1 aromatic carbocycles. The largest absolute Gasteiger partial charge is 0.329 e. The molecule has 5 rings (SSSR count). The number of carbonyl (C=O) groups is 1. The van der Waals surface area contributed by atoms with E-state index in [1.54, 1.807) is 10.8 Å². The van der Waals surface area contributed by atoms with Crippen molar-refractivity contribution in [2.75, 3.05) is 0 Å². The second-order valence-corrected chi connectivity index (χ2v) is 8.97. The Balaban J connectivity index is 1.57. The fourth-order valence-electron chi connectivity index (χ4n) is 4.69. The number of allylic oxidation sites excluding steroid dienone is 1. The van der Waals surface area contributed by atoms with Crippen LogP contribution in [-0.2, 0) is 23.2 Å². The Labute approximate surface area is 191 Å². The molecule has 1 fully saturated rings. The van der Waals surface area contributed by atoms with Gasteiger partial charge in [-0.2, -0.15) is 0 Å². The third-order valence-electron chi connectivity index (χ3n) is 6.81. The van der Waals surface area contributed by atoms with Gasteiger partial charge in [-0.25, -0.2) is 9.89 Å². The molecule has 0 bridgehead atoms. The van der Waals surface area contributed by atoms with E-state index in [1.165, 1.54) is 0 Å². The maximum Gasteiger partial charge on any atom is 0.329 e. The summed E-state index contributed by atoms with van der Waals surface area (Å²) < 4.78 is 3.50. The van der Waals surface area contributed by atoms with E-state index >= 15 is 0 Å². The third-order valence-corrected chi connectivity index (χ3v) is 6.81. The molecule has 0 saturated heterocycles. The van der Waals surface area contributed by atoms with Gasteiger partial charge in [0.15, 0.2) is 11.6 Å². The quantitative estimate of drug-likeness (QED) is 0.573. The van der Waals surface area contributed by atoms with Gasteiger partial charge in [0, 0.05) is 47.7 Å². The number of Topliss-reactive ketones (excluding diaryl/α,β-unsaturated/α-hetero) is 1. The van der Waals surface area contributed by atoms with Gasteiger partial charge in [-0.3, -0.25) is 18.9 Å². The zero-order chi connectivity index (χ0) is 23.0. The fraction of sp³-hybridized carbons (Fsp3) is 0.417. The lowest BCUT2D eigenvalue weighted by atomic mass is 9.76. The van der Waals surface area contributed by atoms with Crippen molar-refractivity contribution in [3.05, 3.63) is 64.5 Å². The molecule has 1 saturated carbocycles. The summed E-state index contributed by atoms with van der Waals surface area (Å²) in [5.41, 5.74) is 2.33. The Morgan fingerprint density at radius 2 is 2.12 bits per heavy atom. The normalized spacial score (nSPS) is 23.9. The first-order valence-corrected chi connectivity index (χ1v) is 11.4. The number of aryl methyl sites for hydroxylation is 1. The van der Waals surface area contributed by atoms with Gasteiger partial charge in [-0.05, 0) is 41.3 Å². The maximum absolute atomic E-state index is 13.5. The number of benzene rings is 1. The molecule has 1 N–H and O–H groups in total. The molecule has 0 amide bonds. The highest BCUT2D eigenvalue weighted by Crippen LogP contribution is 2.38. The number of nitrogens with zero attached hydrogens (tertiary/aromatic N) is 6. The lowest BCUT2D eigenvalue weighted by Gasteiger charge is -2.32. The van der Waals surface area contributed by atoms with Gasteiger partial charge in [0.25, 0.3) is 0 Å². The van der Waals surface area contributed by atoms with Crippen LogP contribution in [0.3, 0.4) is 0 Å². The molecular formula is C24H27N7O2. The second kappa shape index (κ2) is 8.38. The Bertz CT molecular complexity index is 1280. The number of hydrogen-bond donors (Lipinski definition) is 1. The van der Waals surface area contributed by atoms with E-state index in [1.807, 2.05) is 36.0 Å². The van der Waals surface area contributed by atoms with Gasteiger partial charge in [-0.15, -0.1) is 5.10 Å². The van der Waals surface area contributed by atoms with Gasteiger partial charge in [0.2, 0.25) is 0 Å². The van der Waals surface area contributed by atoms with E-state index in [2.05, 4.69) is 50.7 Å². The van der Waals surface area contributed by atoms with Crippen LogP contribution >= 0.6 is 0 Å². The van der Waals surface area contributed by atoms with E-state index < -0.39 is 5.41 Å². The van der Waals surface area contributed by atoms with Crippen LogP contribution in [0.15, 0.2) is 52.5 Å². The van der Waals surface area contributed by atoms with Gasteiger partial charge < -0.3 is 0 Å². The average Bonchev–Trinajstić information content (AvgIpc) is 3.22. The number of aromatic amines is 1. The first kappa shape index (κ1) is 21.2. The molecular weight excluding hydrogens is 418 g/mol. The Kier molecular flexibility index (Phi) is 5.39. The van der Waals surface area contributed by atoms with Crippen LogP contribution in [0.5, 0.6) is 0 Å². The number of carbonyl (C=O) groups excluding carboxylic acids is 1. The van der Waals surface area contributed by atoms with Crippen molar-refractivity contribution >= 4 is 12.0 Å². The maximum atomic E-state index is 13.5. The number of imidazole rings is 1. The molecule has 2 aromatic heterocycles. The minimum Gasteiger partial charge on any atom is -0.297 e. The molecule has 2 aliphatic rings. The summed E-state index contributed by atoms with van der Waals surface area (Å²) in [6.45, 7) is 4.49. The van der Waals surface area contributed by atoms with E-state index in [0.29, 0.717) is 18.8 Å². The molecule has 9 nitrogen and oxygen atoms in total. The van der Waals surface area contributed by atoms with Crippen LogP contribution in [0, 0.1) is 5.92 Å². The smallest absolute Gasteiger partial charge is 0.297 e. The topological polar surface area (TPSA) is 111 Å². The summed E-state index contributed by atoms with van der Waals surface area (Å²) in [7, 11) is 0. The van der Waals surface area contributed by atoms with E-state index in [4.69, 9.17) is 0 Å². The van der Waals surface area contributed by atoms with Gasteiger partial charge in [0.1, 0.15) is 6.04 Å². The molecule has 3 aromatic rings. The number of aliphatic imine (C=N–C) groups is 1. The number of aromatic nitrogens is 6. The first-order valence-electron chi connectivity index (χ1n) is 11.4. The molecule has 0 radical (unpaired) electrons. The van der Waals surface area contributed by atoms with Crippen LogP contribution < -0.4 is 5.69 Å². The number of rotatable bonds is 8. The van der Waals surface area contributed by atoms with Crippen LogP contribution in [0.4, 0.5) is 0 Å². The molecule has 3 unspecified atom stereocenters. The summed E-state index contributed by atoms with van der Waals surface area (Å²) >= 11 is 0. The number of hydrogen-bond acceptors (Lipinski definition) is 6. The van der Waals surface area contributed by atoms with Gasteiger partial charge >= 0.3 is 5.69 Å². The predicted octanol–water partition coefficient (Wildman–Crippen LogP) is 2.86. The van der Waals surface area contributed by atoms with E-state index in [-0.39, 0.29) is 23.4 Å². The molecule has 170 valence electrons. The summed E-state index contributed by atoms with van der Waals surface area (Å²) in [6, 6.07) is 7.73. The molecule has 9 heteroatoms. The SMILES string of the molecule is CCCCc1cn(C2C(=O)C2C)c(=O)n1CC1(c2cccc(-c3nnn[nH]3)c2)C=CN=CC1. The zero-order valence-electron chi connectivity index (χ0n) is 18.8. The highest BCUT2D eigenvalue weighted by Gasteiger charge is 2.48. The van der Waals surface area contributed by atoms with Crippen LogP contribution in [0.1, 0.15) is 50.4 Å². The summed E-state index contributed by atoms with van der Waals surface area (Å²) in [6.07, 6.45) is 11.1. The molecule has 3 heterocycles. The monoisotopic (exact) mass is 445 g/mol. The second-order valence-electron chi connectivity index (χ2n) is 8.97. The van der Waals surface area contributed by atoms with Crippen molar-refractivity contribution in [2.24, 2.45) is 10.9 Å². The van der Waals surface area contributed by atoms with Crippen molar-refractivity contribution in [2.45, 2.75) is 57.5 Å². The highest BCUT2D eigenvalue weighted by molar-refractivity contribution is 6.00. The van der Waals surface area contributed by atoms with Crippen molar-refractivity contribution in [1.82, 2.24) is 29.8 Å². The number of tetrazole rings is 1. The molecule has 0 spiro atoms. The number of nitrogens with one attached hydrogen (secondary N) is 1. The standard InChI is InChI=1S/C24H27N7O2/c1-3-4-8-19-14-30(20-16(2)21(20)32)23(33)31(19)15-24(9-11-25-12-10-24)18-7-5-6-17(13-18)22-26-28-29-27-22/h5-7,9,11-14,16,20H,3-4,8,10,15H2,1-2H3,(H,26,27,28,29). The lowest BCUT2D eigenvalue weighted by molar-refractivity contribution is -0.111. The lowest BCUT2D eigenvalue weighted by Crippen LogP contribution is -2.37. The first-order chi connectivity index (χ1) is 16.0. The highest BCUT2D eigenvalue weighted by atomic mass is 16.2. The third kappa shape index (κ3) is 3.77. The van der Waals surface area contributed by atoms with Gasteiger partial charge in [0.05, 0.1) is 0 Å². The number of unbranched alkanes of at least 4 members (excludes halogenated alkanes) is 1. The fourth-order valence-corrected chi connectivity index (χ4v) is 4.69. The molecule has 33 heavy (non-hydrogen) atoms. The number of H-pyrrole nitrogens is 1. The summed E-state index contributed by atoms with van der Waals surface area (Å²) in [5.74, 6) is 0.623. The Morgan fingerprint density at radius 1 is 1.27 bits per heavy atom. The molecule has 3 atom stereocenters. The van der Waals surface area contributed by atoms with Crippen molar-refractivity contribution in [1.29, 1.82) is 0 Å². The zero-order valence-corrected chi connectivity index (χ0v) is 18.8. The summed E-state index contributed by atoms with van der Waals surface area (Å²) in [5, 5.41) is 14.2. The minimum absolute atomic E-state index is 0.0968. The van der Waals surface area contributed by atoms with Crippen LogP contribution in [0.2, 0.25) is 0 Å². The van der Waals surface area contributed by atoms with E-state index in [9.17, 15) is 9.59 Å². The van der Waals surface area contributed by atoms with Crippen molar-refractivity contribution < 1.29 is 4.79 Å². The Morgan fingerprint density at radius 3 is 2.79 bits per heavy atom. The van der Waals surface area contributed by atoms with Crippen LogP contribution in [-0.4, -0.2) is 41.8 Å². The van der Waals surface area contributed by atoms with Crippen molar-refractivity contribution in [3.8, 4) is 11.4 Å². The summed E-state index contributed by atoms with van der Waals surface area (Å²) in [4.78, 5) is 29.9. The Hall–Kier alpha value is -3.62. The molecule has 1 aliphatic carbocycles. The van der Waals surface area contributed by atoms with Gasteiger partial charge in [-0.1, -0.05) is 44.5 Å². The van der Waals surface area contributed by atoms with E-state index in [0.717, 1.165) is 36.1 Å². The average molecular weight is 446 g/mol. The minimum atomic E-state index is -0.457. The number of ketones is 1. The van der Waals surface area contributed by atoms with Crippen molar-refractivity contribution in [3.63, 3.8) is 0 Å². The van der Waals surface area contributed by atoms with Crippen LogP contribution in [0.25, 0.3) is 11.4 Å². The predicted molar refractivity (Wildman–Crippen MR) is 124 cm³/mol. The molecule has 1 aliphatic heterocycles.